The van der Waals surface area contributed by atoms with Crippen LogP contribution in [0.2, 0.25) is 0 Å². The Morgan fingerprint density at radius 3 is 2.50 bits per heavy atom. The summed E-state index contributed by atoms with van der Waals surface area (Å²) in [5.74, 6) is -2.98. The normalized spacial score (nSPS) is 20.7. The quantitative estimate of drug-likeness (QED) is 0.873. The highest BCUT2D eigenvalue weighted by molar-refractivity contribution is 5.79. The van der Waals surface area contributed by atoms with Gasteiger partial charge in [-0.2, -0.15) is 18.3 Å². The number of aromatic nitrogens is 2. The lowest BCUT2D eigenvalue weighted by molar-refractivity contribution is -0.198. The van der Waals surface area contributed by atoms with Crippen LogP contribution in [-0.2, 0) is 17.9 Å². The number of amides is 1. The number of nitrogens with one attached hydrogen (secondary N) is 1. The molecule has 2 atom stereocenters. The summed E-state index contributed by atoms with van der Waals surface area (Å²) in [5, 5.41) is 6.82. The van der Waals surface area contributed by atoms with Gasteiger partial charge in [0.1, 0.15) is 0 Å². The average Bonchev–Trinajstić information content (AvgIpc) is 3.13. The highest BCUT2D eigenvalue weighted by Gasteiger charge is 2.47. The smallest absolute Gasteiger partial charge is 0.352 e. The fraction of sp³-hybridized carbons (Fsp3) is 0.474. The van der Waals surface area contributed by atoms with Crippen LogP contribution in [0.3, 0.4) is 0 Å². The van der Waals surface area contributed by atoms with E-state index in [1.165, 1.54) is 0 Å². The van der Waals surface area contributed by atoms with Crippen molar-refractivity contribution in [2.75, 3.05) is 0 Å². The molecule has 0 radical (unpaired) electrons. The summed E-state index contributed by atoms with van der Waals surface area (Å²) in [6.07, 6.45) is 0.830. The first-order valence-electron chi connectivity index (χ1n) is 8.83. The highest BCUT2D eigenvalue weighted by atomic mass is 19.4. The Balaban J connectivity index is 1.55. The minimum Gasteiger partial charge on any atom is -0.352 e. The number of nitrogens with zero attached hydrogens (tertiary/aromatic N) is 2. The predicted octanol–water partition coefficient (Wildman–Crippen LogP) is 3.92. The fourth-order valence-electron chi connectivity index (χ4n) is 3.50. The predicted molar refractivity (Wildman–Crippen MR) is 91.1 cm³/mol. The number of alkyl halides is 3. The van der Waals surface area contributed by atoms with Gasteiger partial charge in [-0.15, -0.1) is 0 Å². The van der Waals surface area contributed by atoms with E-state index < -0.39 is 23.9 Å². The Morgan fingerprint density at radius 2 is 1.85 bits per heavy atom. The number of benzene rings is 1. The van der Waals surface area contributed by atoms with Gasteiger partial charge in [-0.3, -0.25) is 9.48 Å². The van der Waals surface area contributed by atoms with Gasteiger partial charge in [-0.25, -0.2) is 0 Å². The molecule has 1 N–H and O–H groups in total. The van der Waals surface area contributed by atoms with E-state index in [0.717, 1.165) is 11.1 Å². The third-order valence-electron chi connectivity index (χ3n) is 4.92. The Bertz CT molecular complexity index is 711. The molecule has 0 spiro atoms. The number of halogens is 3. The number of carbonyl (C=O) groups is 1. The minimum atomic E-state index is -4.31. The number of carbonyl (C=O) groups excluding carboxylic acids is 1. The molecule has 2 aromatic rings. The van der Waals surface area contributed by atoms with Crippen LogP contribution in [0.5, 0.6) is 0 Å². The molecule has 0 aliphatic heterocycles. The number of hydrogen-bond acceptors (Lipinski definition) is 2. The molecule has 1 heterocycles. The van der Waals surface area contributed by atoms with Gasteiger partial charge in [0.15, 0.2) is 0 Å². The molecule has 7 heteroatoms. The van der Waals surface area contributed by atoms with Crippen LogP contribution in [0.25, 0.3) is 0 Å². The molecule has 1 saturated carbocycles. The molecule has 0 saturated heterocycles. The molecule has 1 aromatic heterocycles. The molecule has 140 valence electrons. The third kappa shape index (κ3) is 4.65. The van der Waals surface area contributed by atoms with Crippen molar-refractivity contribution in [3.05, 3.63) is 53.9 Å². The second kappa shape index (κ2) is 7.93. The monoisotopic (exact) mass is 365 g/mol. The van der Waals surface area contributed by atoms with E-state index >= 15 is 0 Å². The van der Waals surface area contributed by atoms with E-state index in [9.17, 15) is 18.0 Å². The van der Waals surface area contributed by atoms with Crippen molar-refractivity contribution in [3.8, 4) is 0 Å². The first-order valence-corrected chi connectivity index (χ1v) is 8.83. The van der Waals surface area contributed by atoms with E-state index in [0.29, 0.717) is 25.8 Å². The summed E-state index contributed by atoms with van der Waals surface area (Å²) in [4.78, 5) is 12.3. The first-order chi connectivity index (χ1) is 12.4. The van der Waals surface area contributed by atoms with Gasteiger partial charge in [-0.1, -0.05) is 37.1 Å². The summed E-state index contributed by atoms with van der Waals surface area (Å²) in [6, 6.07) is 9.47. The van der Waals surface area contributed by atoms with Crippen molar-refractivity contribution in [1.82, 2.24) is 15.1 Å². The zero-order valence-corrected chi connectivity index (χ0v) is 14.4. The molecule has 1 amide bonds. The van der Waals surface area contributed by atoms with Gasteiger partial charge >= 0.3 is 6.18 Å². The lowest BCUT2D eigenvalue weighted by atomic mass is 9.78. The molecule has 1 aliphatic rings. The van der Waals surface area contributed by atoms with Crippen LogP contribution in [-0.4, -0.2) is 21.9 Å². The summed E-state index contributed by atoms with van der Waals surface area (Å²) < 4.78 is 41.2. The standard InChI is InChI=1S/C19H22F3N3O/c20-19(21,22)17-5-2-1-4-16(17)18(26)23-12-14-6-8-15(9-7-14)13-25-11-3-10-24-25/h3,6-11,16-17H,1-2,4-5,12-13H2,(H,23,26). The fourth-order valence-corrected chi connectivity index (χ4v) is 3.50. The van der Waals surface area contributed by atoms with Crippen molar-refractivity contribution in [2.45, 2.75) is 44.9 Å². The van der Waals surface area contributed by atoms with Crippen LogP contribution in [0.1, 0.15) is 36.8 Å². The second-order valence-corrected chi connectivity index (χ2v) is 6.78. The van der Waals surface area contributed by atoms with Gasteiger partial charge in [0, 0.05) is 24.9 Å². The van der Waals surface area contributed by atoms with Crippen molar-refractivity contribution in [1.29, 1.82) is 0 Å². The molecule has 3 rings (SSSR count). The third-order valence-corrected chi connectivity index (χ3v) is 4.92. The lowest BCUT2D eigenvalue weighted by Gasteiger charge is -2.32. The van der Waals surface area contributed by atoms with Crippen LogP contribution >= 0.6 is 0 Å². The summed E-state index contributed by atoms with van der Waals surface area (Å²) >= 11 is 0. The maximum Gasteiger partial charge on any atom is 0.392 e. The average molecular weight is 365 g/mol. The van der Waals surface area contributed by atoms with Gasteiger partial charge < -0.3 is 5.32 Å². The van der Waals surface area contributed by atoms with Gasteiger partial charge in [0.05, 0.1) is 12.5 Å². The molecule has 1 aromatic carbocycles. The van der Waals surface area contributed by atoms with E-state index in [4.69, 9.17) is 0 Å². The molecule has 2 unspecified atom stereocenters. The van der Waals surface area contributed by atoms with E-state index in [1.54, 1.807) is 10.9 Å². The summed E-state index contributed by atoms with van der Waals surface area (Å²) in [5.41, 5.74) is 1.93. The van der Waals surface area contributed by atoms with E-state index in [1.807, 2.05) is 36.5 Å². The molecule has 0 bridgehead atoms. The minimum absolute atomic E-state index is 0.0453. The zero-order valence-electron chi connectivity index (χ0n) is 14.4. The highest BCUT2D eigenvalue weighted by Crippen LogP contribution is 2.41. The van der Waals surface area contributed by atoms with Crippen molar-refractivity contribution >= 4 is 5.91 Å². The van der Waals surface area contributed by atoms with E-state index in [-0.39, 0.29) is 13.0 Å². The van der Waals surface area contributed by atoms with Gasteiger partial charge in [-0.05, 0) is 30.0 Å². The zero-order chi connectivity index (χ0) is 18.6. The SMILES string of the molecule is O=C(NCc1ccc(Cn2cccn2)cc1)C1CCCCC1C(F)(F)F. The topological polar surface area (TPSA) is 46.9 Å². The van der Waals surface area contributed by atoms with Crippen LogP contribution in [0.15, 0.2) is 42.7 Å². The van der Waals surface area contributed by atoms with Crippen molar-refractivity contribution < 1.29 is 18.0 Å². The maximum absolute atomic E-state index is 13.1. The molecule has 26 heavy (non-hydrogen) atoms. The molecular formula is C19H22F3N3O. The van der Waals surface area contributed by atoms with Gasteiger partial charge in [0.2, 0.25) is 5.91 Å². The molecular weight excluding hydrogens is 343 g/mol. The Morgan fingerprint density at radius 1 is 1.15 bits per heavy atom. The van der Waals surface area contributed by atoms with Gasteiger partial charge in [0.25, 0.3) is 0 Å². The molecule has 1 fully saturated rings. The van der Waals surface area contributed by atoms with Crippen molar-refractivity contribution in [2.24, 2.45) is 11.8 Å². The largest absolute Gasteiger partial charge is 0.392 e. The second-order valence-electron chi connectivity index (χ2n) is 6.78. The first kappa shape index (κ1) is 18.5. The Hall–Kier alpha value is -2.31. The molecule has 1 aliphatic carbocycles. The van der Waals surface area contributed by atoms with E-state index in [2.05, 4.69) is 10.4 Å². The number of hydrogen-bond donors (Lipinski definition) is 1. The molecule has 4 nitrogen and oxygen atoms in total. The summed E-state index contributed by atoms with van der Waals surface area (Å²) in [7, 11) is 0. The van der Waals surface area contributed by atoms with Crippen LogP contribution < -0.4 is 5.32 Å². The van der Waals surface area contributed by atoms with Crippen LogP contribution in [0.4, 0.5) is 13.2 Å². The number of rotatable bonds is 5. The Labute approximate surface area is 150 Å². The maximum atomic E-state index is 13.1. The van der Waals surface area contributed by atoms with Crippen molar-refractivity contribution in [3.63, 3.8) is 0 Å². The van der Waals surface area contributed by atoms with Crippen LogP contribution in [0, 0.1) is 11.8 Å². The lowest BCUT2D eigenvalue weighted by Crippen LogP contribution is -2.42. The summed E-state index contributed by atoms with van der Waals surface area (Å²) in [6.45, 7) is 0.886. The Kier molecular flexibility index (Phi) is 5.64.